The Labute approximate surface area is 159 Å². The summed E-state index contributed by atoms with van der Waals surface area (Å²) in [5.41, 5.74) is 2.34. The minimum atomic E-state index is -0.391. The molecule has 0 aliphatic heterocycles. The molecule has 5 nitrogen and oxygen atoms in total. The molecule has 2 rings (SSSR count). The summed E-state index contributed by atoms with van der Waals surface area (Å²) < 4.78 is 10.5. The molecule has 0 unspecified atom stereocenters. The molecule has 0 aliphatic carbocycles. The molecule has 0 saturated heterocycles. The van der Waals surface area contributed by atoms with Crippen LogP contribution in [0.15, 0.2) is 42.5 Å². The molecule has 0 bridgehead atoms. The third kappa shape index (κ3) is 4.52. The molecule has 0 spiro atoms. The van der Waals surface area contributed by atoms with E-state index in [0.29, 0.717) is 23.0 Å². The Kier molecular flexibility index (Phi) is 6.97. The van der Waals surface area contributed by atoms with Crippen molar-refractivity contribution in [3.05, 3.63) is 53.6 Å². The molecule has 0 heterocycles. The molecule has 0 aromatic heterocycles. The Morgan fingerprint density at radius 3 is 2.27 bits per heavy atom. The lowest BCUT2D eigenvalue weighted by Gasteiger charge is -2.18. The van der Waals surface area contributed by atoms with Crippen LogP contribution in [0, 0.1) is 0 Å². The Balaban J connectivity index is 2.18. The van der Waals surface area contributed by atoms with Crippen LogP contribution in [0.4, 0.5) is 5.69 Å². The summed E-state index contributed by atoms with van der Waals surface area (Å²) in [6.07, 6.45) is 1.01. The van der Waals surface area contributed by atoms with E-state index in [1.165, 1.54) is 14.2 Å². The van der Waals surface area contributed by atoms with E-state index in [1.54, 1.807) is 18.2 Å². The zero-order valence-electron chi connectivity index (χ0n) is 15.5. The number of benzene rings is 2. The first-order valence-electron chi connectivity index (χ1n) is 8.44. The molecular formula is C20H24N2O3S. The van der Waals surface area contributed by atoms with Gasteiger partial charge >= 0.3 is 0 Å². The number of para-hydroxylation sites is 1. The molecule has 1 atom stereocenters. The molecule has 2 aromatic carbocycles. The van der Waals surface area contributed by atoms with Crippen LogP contribution in [0.2, 0.25) is 0 Å². The maximum atomic E-state index is 12.7. The summed E-state index contributed by atoms with van der Waals surface area (Å²) in [4.78, 5) is 12.7. The van der Waals surface area contributed by atoms with Crippen molar-refractivity contribution >= 4 is 28.9 Å². The van der Waals surface area contributed by atoms with Crippen LogP contribution in [0.25, 0.3) is 0 Å². The lowest BCUT2D eigenvalue weighted by molar-refractivity contribution is 0.0971. The highest BCUT2D eigenvalue weighted by Crippen LogP contribution is 2.28. The van der Waals surface area contributed by atoms with Crippen molar-refractivity contribution in [2.75, 3.05) is 19.5 Å². The molecule has 0 fully saturated rings. The third-order valence-electron chi connectivity index (χ3n) is 4.23. The zero-order valence-corrected chi connectivity index (χ0v) is 16.3. The van der Waals surface area contributed by atoms with Crippen molar-refractivity contribution in [2.24, 2.45) is 0 Å². The Bertz CT molecular complexity index is 770. The van der Waals surface area contributed by atoms with Gasteiger partial charge in [0, 0.05) is 5.69 Å². The highest BCUT2D eigenvalue weighted by molar-refractivity contribution is 7.80. The Morgan fingerprint density at radius 1 is 1.08 bits per heavy atom. The standard InChI is InChI=1S/C20H24N2O3S/c1-5-13(2)14-9-6-7-10-15(14)21-20(26)22-19(23)18-16(24-3)11-8-12-17(18)25-4/h6-13H,5H2,1-4H3,(H2,21,22,23,26)/t13-/m0/s1. The summed E-state index contributed by atoms with van der Waals surface area (Å²) in [5.74, 6) is 0.832. The molecule has 2 aromatic rings. The quantitative estimate of drug-likeness (QED) is 0.739. The van der Waals surface area contributed by atoms with E-state index in [0.717, 1.165) is 17.7 Å². The van der Waals surface area contributed by atoms with Crippen LogP contribution in [0.5, 0.6) is 11.5 Å². The molecule has 0 aliphatic rings. The normalized spacial score (nSPS) is 11.4. The van der Waals surface area contributed by atoms with Gasteiger partial charge in [0.25, 0.3) is 5.91 Å². The molecule has 26 heavy (non-hydrogen) atoms. The van der Waals surface area contributed by atoms with Crippen molar-refractivity contribution < 1.29 is 14.3 Å². The fraction of sp³-hybridized carbons (Fsp3) is 0.300. The number of thiocarbonyl (C=S) groups is 1. The van der Waals surface area contributed by atoms with Crippen molar-refractivity contribution in [3.8, 4) is 11.5 Å². The maximum Gasteiger partial charge on any atom is 0.264 e. The van der Waals surface area contributed by atoms with Crippen LogP contribution in [0.1, 0.15) is 42.1 Å². The van der Waals surface area contributed by atoms with Crippen LogP contribution >= 0.6 is 12.2 Å². The highest BCUT2D eigenvalue weighted by Gasteiger charge is 2.19. The van der Waals surface area contributed by atoms with E-state index < -0.39 is 5.91 Å². The number of rotatable bonds is 6. The molecule has 138 valence electrons. The van der Waals surface area contributed by atoms with E-state index in [9.17, 15) is 4.79 Å². The van der Waals surface area contributed by atoms with Crippen molar-refractivity contribution in [2.45, 2.75) is 26.2 Å². The number of carbonyl (C=O) groups is 1. The van der Waals surface area contributed by atoms with Crippen molar-refractivity contribution in [3.63, 3.8) is 0 Å². The van der Waals surface area contributed by atoms with Gasteiger partial charge in [0.15, 0.2) is 5.11 Å². The number of ether oxygens (including phenoxy) is 2. The Morgan fingerprint density at radius 2 is 1.69 bits per heavy atom. The number of amides is 1. The topological polar surface area (TPSA) is 59.6 Å². The van der Waals surface area contributed by atoms with Gasteiger partial charge in [-0.15, -0.1) is 0 Å². The first kappa shape index (κ1) is 19.7. The van der Waals surface area contributed by atoms with Crippen LogP contribution in [-0.4, -0.2) is 25.2 Å². The van der Waals surface area contributed by atoms with E-state index in [-0.39, 0.29) is 5.11 Å². The summed E-state index contributed by atoms with van der Waals surface area (Å²) in [6.45, 7) is 4.29. The second-order valence-corrected chi connectivity index (χ2v) is 6.25. The van der Waals surface area contributed by atoms with Gasteiger partial charge in [-0.1, -0.05) is 38.1 Å². The average molecular weight is 372 g/mol. The summed E-state index contributed by atoms with van der Waals surface area (Å²) in [5, 5.41) is 6.04. The predicted octanol–water partition coefficient (Wildman–Crippen LogP) is 4.34. The van der Waals surface area contributed by atoms with Gasteiger partial charge in [-0.25, -0.2) is 0 Å². The van der Waals surface area contributed by atoms with Gasteiger partial charge < -0.3 is 14.8 Å². The van der Waals surface area contributed by atoms with E-state index in [4.69, 9.17) is 21.7 Å². The lowest BCUT2D eigenvalue weighted by atomic mass is 9.97. The minimum Gasteiger partial charge on any atom is -0.496 e. The van der Waals surface area contributed by atoms with Gasteiger partial charge in [0.1, 0.15) is 17.1 Å². The Hall–Kier alpha value is -2.60. The third-order valence-corrected chi connectivity index (χ3v) is 4.44. The van der Waals surface area contributed by atoms with Gasteiger partial charge in [-0.2, -0.15) is 0 Å². The SMILES string of the molecule is CC[C@H](C)c1ccccc1NC(=S)NC(=O)c1c(OC)cccc1OC. The summed E-state index contributed by atoms with van der Waals surface area (Å²) in [6, 6.07) is 13.1. The van der Waals surface area contributed by atoms with Gasteiger partial charge in [0.2, 0.25) is 0 Å². The number of carbonyl (C=O) groups excluding carboxylic acids is 1. The number of hydrogen-bond donors (Lipinski definition) is 2. The number of nitrogens with one attached hydrogen (secondary N) is 2. The second-order valence-electron chi connectivity index (χ2n) is 5.84. The molecule has 1 amide bonds. The molecule has 0 radical (unpaired) electrons. The van der Waals surface area contributed by atoms with Gasteiger partial charge in [0.05, 0.1) is 14.2 Å². The molecule has 6 heteroatoms. The van der Waals surface area contributed by atoms with Gasteiger partial charge in [-0.05, 0) is 48.3 Å². The fourth-order valence-corrected chi connectivity index (χ4v) is 2.86. The summed E-state index contributed by atoms with van der Waals surface area (Å²) in [7, 11) is 3.01. The summed E-state index contributed by atoms with van der Waals surface area (Å²) >= 11 is 5.33. The largest absolute Gasteiger partial charge is 0.496 e. The van der Waals surface area contributed by atoms with E-state index >= 15 is 0 Å². The van der Waals surface area contributed by atoms with Gasteiger partial charge in [-0.3, -0.25) is 10.1 Å². The van der Waals surface area contributed by atoms with Crippen LogP contribution in [-0.2, 0) is 0 Å². The first-order valence-corrected chi connectivity index (χ1v) is 8.84. The average Bonchev–Trinajstić information content (AvgIpc) is 2.66. The van der Waals surface area contributed by atoms with Crippen molar-refractivity contribution in [1.29, 1.82) is 0 Å². The van der Waals surface area contributed by atoms with Crippen LogP contribution in [0.3, 0.4) is 0 Å². The van der Waals surface area contributed by atoms with E-state index in [2.05, 4.69) is 30.5 Å². The maximum absolute atomic E-state index is 12.7. The second kappa shape index (κ2) is 9.20. The first-order chi connectivity index (χ1) is 12.5. The molecule has 0 saturated carbocycles. The highest BCUT2D eigenvalue weighted by atomic mass is 32.1. The number of anilines is 1. The monoisotopic (exact) mass is 372 g/mol. The van der Waals surface area contributed by atoms with Crippen LogP contribution < -0.4 is 20.1 Å². The predicted molar refractivity (Wildman–Crippen MR) is 108 cm³/mol. The number of hydrogen-bond acceptors (Lipinski definition) is 4. The minimum absolute atomic E-state index is 0.221. The fourth-order valence-electron chi connectivity index (χ4n) is 2.65. The lowest BCUT2D eigenvalue weighted by Crippen LogP contribution is -2.34. The zero-order chi connectivity index (χ0) is 19.1. The van der Waals surface area contributed by atoms with Crippen molar-refractivity contribution in [1.82, 2.24) is 5.32 Å². The smallest absolute Gasteiger partial charge is 0.264 e. The molecule has 2 N–H and O–H groups in total. The molecular weight excluding hydrogens is 348 g/mol. The van der Waals surface area contributed by atoms with E-state index in [1.807, 2.05) is 18.2 Å². The number of methoxy groups -OCH3 is 2.